The Bertz CT molecular complexity index is 3450. The molecule has 58 heavy (non-hydrogen) atoms. The van der Waals surface area contributed by atoms with Crippen LogP contribution in [-0.2, 0) is 0 Å². The predicted octanol–water partition coefficient (Wildman–Crippen LogP) is 11.2. The molecule has 12 aromatic rings. The molecule has 0 unspecified atom stereocenters. The third-order valence-corrected chi connectivity index (χ3v) is 17.1. The van der Waals surface area contributed by atoms with Gasteiger partial charge in [0.2, 0.25) is 0 Å². The van der Waals surface area contributed by atoms with Gasteiger partial charge in [0.15, 0.2) is 8.07 Å². The lowest BCUT2D eigenvalue weighted by atomic mass is 10.1. The van der Waals surface area contributed by atoms with Crippen LogP contribution in [-0.4, -0.2) is 17.2 Å². The van der Waals surface area contributed by atoms with E-state index in [0.717, 1.165) is 33.3 Å². The minimum atomic E-state index is -3.02. The summed E-state index contributed by atoms with van der Waals surface area (Å²) < 4.78 is 11.4. The molecule has 272 valence electrons. The molecule has 0 bridgehead atoms. The van der Waals surface area contributed by atoms with Crippen LogP contribution in [0.15, 0.2) is 223 Å². The highest BCUT2D eigenvalue weighted by Gasteiger charge is 2.43. The minimum Gasteiger partial charge on any atom is -0.456 e. The second-order valence-corrected chi connectivity index (χ2v) is 19.0. The minimum absolute atomic E-state index is 0.899. The van der Waals surface area contributed by atoms with E-state index in [0.29, 0.717) is 0 Å². The average molecular weight is 757 g/mol. The second-order valence-electron chi connectivity index (χ2n) is 15.2. The standard InChI is InChI=1S/C54H36N2OSi/c1-4-17-37(18-5-1)55-47-27-13-10-23-42(47)44-26-16-30-51(53(44)55)58(39-19-6-2-7-20-39,40-21-8-3-9-22-40)41-33-31-38(32-34-41)56-48-28-14-11-24-43(48)45-35-36-50-52(54(45)56)46-25-12-15-29-49(46)57-50/h1-36H. The van der Waals surface area contributed by atoms with Gasteiger partial charge in [0, 0.05) is 38.3 Å². The molecule has 3 nitrogen and oxygen atoms in total. The number of nitrogens with zero attached hydrogens (tertiary/aromatic N) is 2. The van der Waals surface area contributed by atoms with E-state index in [2.05, 4.69) is 221 Å². The summed E-state index contributed by atoms with van der Waals surface area (Å²) in [6, 6.07) is 80.3. The van der Waals surface area contributed by atoms with Crippen molar-refractivity contribution in [3.05, 3.63) is 218 Å². The normalized spacial score (nSPS) is 12.1. The topological polar surface area (TPSA) is 23.0 Å². The fourth-order valence-electron chi connectivity index (χ4n) is 9.90. The molecule has 0 aliphatic carbocycles. The van der Waals surface area contributed by atoms with Crippen molar-refractivity contribution >= 4 is 94.4 Å². The summed E-state index contributed by atoms with van der Waals surface area (Å²) in [7, 11) is -3.02. The first-order valence-corrected chi connectivity index (χ1v) is 21.9. The van der Waals surface area contributed by atoms with Gasteiger partial charge in [0.1, 0.15) is 11.2 Å². The van der Waals surface area contributed by atoms with E-state index in [1.165, 1.54) is 64.4 Å². The van der Waals surface area contributed by atoms with E-state index in [1.807, 2.05) is 6.07 Å². The summed E-state index contributed by atoms with van der Waals surface area (Å²) in [5.41, 5.74) is 8.89. The smallest absolute Gasteiger partial charge is 0.181 e. The summed E-state index contributed by atoms with van der Waals surface area (Å²) in [5.74, 6) is 0. The zero-order chi connectivity index (χ0) is 38.2. The highest BCUT2D eigenvalue weighted by atomic mass is 28.3. The number of hydrogen-bond acceptors (Lipinski definition) is 1. The van der Waals surface area contributed by atoms with E-state index >= 15 is 0 Å². The quantitative estimate of drug-likeness (QED) is 0.122. The van der Waals surface area contributed by atoms with Crippen LogP contribution in [0.4, 0.5) is 0 Å². The maximum Gasteiger partial charge on any atom is 0.181 e. The Morgan fingerprint density at radius 2 is 0.793 bits per heavy atom. The maximum atomic E-state index is 6.45. The first-order valence-electron chi connectivity index (χ1n) is 19.9. The molecule has 0 aliphatic heterocycles. The Hall–Kier alpha value is -7.40. The zero-order valence-corrected chi connectivity index (χ0v) is 32.6. The van der Waals surface area contributed by atoms with Crippen molar-refractivity contribution in [2.45, 2.75) is 0 Å². The SMILES string of the molecule is c1ccc(-n2c3ccccc3c3cccc([Si](c4ccccc4)(c4ccccc4)c4ccc(-n5c6ccccc6c6ccc7oc8ccccc8c7c65)cc4)c32)cc1. The van der Waals surface area contributed by atoms with Crippen LogP contribution in [0.2, 0.25) is 0 Å². The number of aromatic nitrogens is 2. The van der Waals surface area contributed by atoms with E-state index < -0.39 is 8.07 Å². The molecule has 0 fully saturated rings. The summed E-state index contributed by atoms with van der Waals surface area (Å²) in [5, 5.41) is 12.6. The fourth-order valence-corrected chi connectivity index (χ4v) is 14.8. The Morgan fingerprint density at radius 1 is 0.310 bits per heavy atom. The number of rotatable bonds is 6. The van der Waals surface area contributed by atoms with Gasteiger partial charge in [-0.05, 0) is 75.3 Å². The molecule has 0 saturated heterocycles. The first kappa shape index (κ1) is 32.8. The molecular formula is C54H36N2OSi. The lowest BCUT2D eigenvalue weighted by molar-refractivity contribution is 0.669. The highest BCUT2D eigenvalue weighted by Crippen LogP contribution is 2.41. The van der Waals surface area contributed by atoms with Crippen molar-refractivity contribution in [1.82, 2.24) is 9.13 Å². The molecule has 0 spiro atoms. The number of hydrogen-bond donors (Lipinski definition) is 0. The molecule has 9 aromatic carbocycles. The van der Waals surface area contributed by atoms with E-state index in [-0.39, 0.29) is 0 Å². The number of benzene rings is 9. The van der Waals surface area contributed by atoms with Crippen molar-refractivity contribution < 1.29 is 4.42 Å². The predicted molar refractivity (Wildman–Crippen MR) is 246 cm³/mol. The Labute approximate surface area is 336 Å². The lowest BCUT2D eigenvalue weighted by Gasteiger charge is -2.35. The number of furan rings is 1. The summed E-state index contributed by atoms with van der Waals surface area (Å²) in [6.07, 6.45) is 0. The van der Waals surface area contributed by atoms with E-state index in [9.17, 15) is 0 Å². The summed E-state index contributed by atoms with van der Waals surface area (Å²) >= 11 is 0. The fraction of sp³-hybridized carbons (Fsp3) is 0. The summed E-state index contributed by atoms with van der Waals surface area (Å²) in [6.45, 7) is 0. The monoisotopic (exact) mass is 756 g/mol. The number of para-hydroxylation sites is 5. The third kappa shape index (κ3) is 4.61. The van der Waals surface area contributed by atoms with Crippen molar-refractivity contribution in [3.8, 4) is 11.4 Å². The van der Waals surface area contributed by atoms with Gasteiger partial charge in [-0.3, -0.25) is 0 Å². The van der Waals surface area contributed by atoms with Gasteiger partial charge in [-0.1, -0.05) is 164 Å². The van der Waals surface area contributed by atoms with Gasteiger partial charge in [-0.15, -0.1) is 0 Å². The molecule has 0 radical (unpaired) electrons. The number of fused-ring (bicyclic) bond motifs is 10. The molecule has 3 heterocycles. The molecule has 4 heteroatoms. The van der Waals surface area contributed by atoms with Crippen LogP contribution in [0.3, 0.4) is 0 Å². The lowest BCUT2D eigenvalue weighted by Crippen LogP contribution is -2.75. The van der Waals surface area contributed by atoms with Crippen molar-refractivity contribution in [3.63, 3.8) is 0 Å². The van der Waals surface area contributed by atoms with Gasteiger partial charge in [0.25, 0.3) is 0 Å². The molecule has 0 saturated carbocycles. The molecule has 0 aliphatic rings. The molecular weight excluding hydrogens is 721 g/mol. The molecule has 3 aromatic heterocycles. The van der Waals surface area contributed by atoms with Crippen LogP contribution < -0.4 is 20.7 Å². The average Bonchev–Trinajstić information content (AvgIpc) is 3.96. The van der Waals surface area contributed by atoms with Crippen molar-refractivity contribution in [2.75, 3.05) is 0 Å². The van der Waals surface area contributed by atoms with E-state index in [1.54, 1.807) is 0 Å². The van der Waals surface area contributed by atoms with Gasteiger partial charge < -0.3 is 13.6 Å². The molecule has 0 amide bonds. The Kier molecular flexibility index (Phi) is 7.25. The largest absolute Gasteiger partial charge is 0.456 e. The van der Waals surface area contributed by atoms with Crippen LogP contribution in [0.5, 0.6) is 0 Å². The zero-order valence-electron chi connectivity index (χ0n) is 31.6. The molecule has 0 N–H and O–H groups in total. The van der Waals surface area contributed by atoms with Gasteiger partial charge in [0.05, 0.1) is 27.5 Å². The van der Waals surface area contributed by atoms with Gasteiger partial charge in [-0.2, -0.15) is 0 Å². The third-order valence-electron chi connectivity index (χ3n) is 12.3. The van der Waals surface area contributed by atoms with Gasteiger partial charge >= 0.3 is 0 Å². The first-order chi connectivity index (χ1) is 28.8. The Balaban J connectivity index is 1.19. The van der Waals surface area contributed by atoms with Crippen molar-refractivity contribution in [1.29, 1.82) is 0 Å². The van der Waals surface area contributed by atoms with Gasteiger partial charge in [-0.25, -0.2) is 0 Å². The maximum absolute atomic E-state index is 6.45. The van der Waals surface area contributed by atoms with Crippen LogP contribution in [0.25, 0.3) is 76.9 Å². The Morgan fingerprint density at radius 3 is 1.45 bits per heavy atom. The second kappa shape index (κ2) is 12.8. The van der Waals surface area contributed by atoms with E-state index in [4.69, 9.17) is 4.42 Å². The molecule has 0 atom stereocenters. The van der Waals surface area contributed by atoms with Crippen LogP contribution in [0.1, 0.15) is 0 Å². The highest BCUT2D eigenvalue weighted by molar-refractivity contribution is 7.20. The van der Waals surface area contributed by atoms with Crippen LogP contribution in [0, 0.1) is 0 Å². The van der Waals surface area contributed by atoms with Crippen LogP contribution >= 0.6 is 0 Å². The molecule has 12 rings (SSSR count). The van der Waals surface area contributed by atoms with Crippen molar-refractivity contribution in [2.24, 2.45) is 0 Å². The summed E-state index contributed by atoms with van der Waals surface area (Å²) in [4.78, 5) is 0.